The van der Waals surface area contributed by atoms with Crippen molar-refractivity contribution in [1.29, 1.82) is 0 Å². The van der Waals surface area contributed by atoms with Crippen LogP contribution in [0.4, 0.5) is 0 Å². The van der Waals surface area contributed by atoms with E-state index in [4.69, 9.17) is 11.6 Å². The zero-order chi connectivity index (χ0) is 12.7. The van der Waals surface area contributed by atoms with Crippen molar-refractivity contribution in [3.63, 3.8) is 0 Å². The van der Waals surface area contributed by atoms with Gasteiger partial charge >= 0.3 is 0 Å². The van der Waals surface area contributed by atoms with Gasteiger partial charge < -0.3 is 5.32 Å². The fourth-order valence-corrected chi connectivity index (χ4v) is 1.92. The molecule has 0 aliphatic carbocycles. The van der Waals surface area contributed by atoms with Gasteiger partial charge in [-0.25, -0.2) is 9.97 Å². The van der Waals surface area contributed by atoms with Gasteiger partial charge in [0.15, 0.2) is 0 Å². The van der Waals surface area contributed by atoms with Gasteiger partial charge in [0.2, 0.25) is 0 Å². The Kier molecular flexibility index (Phi) is 6.45. The predicted octanol–water partition coefficient (Wildman–Crippen LogP) is 3.22. The number of halogens is 1. The molecule has 1 N–H and O–H groups in total. The third-order valence-electron chi connectivity index (χ3n) is 2.67. The summed E-state index contributed by atoms with van der Waals surface area (Å²) in [6.45, 7) is 8.39. The molecule has 0 radical (unpaired) electrons. The van der Waals surface area contributed by atoms with Crippen LogP contribution in [0.5, 0.6) is 0 Å². The maximum Gasteiger partial charge on any atom is 0.135 e. The number of rotatable bonds is 7. The van der Waals surface area contributed by atoms with Crippen molar-refractivity contribution in [2.45, 2.75) is 46.6 Å². The van der Waals surface area contributed by atoms with Gasteiger partial charge in [0.25, 0.3) is 0 Å². The Bertz CT molecular complexity index is 339. The topological polar surface area (TPSA) is 37.8 Å². The lowest BCUT2D eigenvalue weighted by Gasteiger charge is -2.10. The SMILES string of the molecule is CCCc1c(Cl)ncnc1CNCCC(C)C. The van der Waals surface area contributed by atoms with Gasteiger partial charge in [0.05, 0.1) is 5.69 Å². The van der Waals surface area contributed by atoms with E-state index in [2.05, 4.69) is 36.1 Å². The predicted molar refractivity (Wildman–Crippen MR) is 72.2 cm³/mol. The van der Waals surface area contributed by atoms with Crippen molar-refractivity contribution < 1.29 is 0 Å². The fraction of sp³-hybridized carbons (Fsp3) is 0.692. The highest BCUT2D eigenvalue weighted by molar-refractivity contribution is 6.30. The molecule has 1 rings (SSSR count). The normalized spacial score (nSPS) is 11.1. The Labute approximate surface area is 109 Å². The first-order chi connectivity index (χ1) is 8.15. The van der Waals surface area contributed by atoms with E-state index in [0.29, 0.717) is 5.15 Å². The molecule has 0 saturated carbocycles. The van der Waals surface area contributed by atoms with Gasteiger partial charge in [0.1, 0.15) is 11.5 Å². The molecule has 0 atom stereocenters. The second-order valence-electron chi connectivity index (χ2n) is 4.70. The third-order valence-corrected chi connectivity index (χ3v) is 3.00. The van der Waals surface area contributed by atoms with Crippen LogP contribution in [0.3, 0.4) is 0 Å². The minimum absolute atomic E-state index is 0.600. The molecule has 4 heteroatoms. The molecule has 0 saturated heterocycles. The van der Waals surface area contributed by atoms with E-state index < -0.39 is 0 Å². The average Bonchev–Trinajstić information content (AvgIpc) is 2.28. The zero-order valence-electron chi connectivity index (χ0n) is 11.0. The molecule has 0 aliphatic heterocycles. The highest BCUT2D eigenvalue weighted by atomic mass is 35.5. The van der Waals surface area contributed by atoms with Gasteiger partial charge in [-0.1, -0.05) is 38.8 Å². The lowest BCUT2D eigenvalue weighted by Crippen LogP contribution is -2.18. The Hall–Kier alpha value is -0.670. The minimum Gasteiger partial charge on any atom is -0.311 e. The molecule has 1 aromatic heterocycles. The Morgan fingerprint density at radius 2 is 2.12 bits per heavy atom. The maximum atomic E-state index is 6.09. The monoisotopic (exact) mass is 255 g/mol. The number of nitrogens with one attached hydrogen (secondary N) is 1. The number of nitrogens with zero attached hydrogens (tertiary/aromatic N) is 2. The maximum absolute atomic E-state index is 6.09. The summed E-state index contributed by atoms with van der Waals surface area (Å²) in [5.74, 6) is 0.728. The minimum atomic E-state index is 0.600. The molecule has 0 aromatic carbocycles. The summed E-state index contributed by atoms with van der Waals surface area (Å²) in [5.41, 5.74) is 2.13. The van der Waals surface area contributed by atoms with E-state index >= 15 is 0 Å². The van der Waals surface area contributed by atoms with Crippen molar-refractivity contribution in [1.82, 2.24) is 15.3 Å². The fourth-order valence-electron chi connectivity index (χ4n) is 1.67. The van der Waals surface area contributed by atoms with Crippen LogP contribution in [0.15, 0.2) is 6.33 Å². The van der Waals surface area contributed by atoms with Crippen molar-refractivity contribution in [3.8, 4) is 0 Å². The molecule has 0 fully saturated rings. The second kappa shape index (κ2) is 7.62. The van der Waals surface area contributed by atoms with Crippen LogP contribution >= 0.6 is 11.6 Å². The van der Waals surface area contributed by atoms with Crippen LogP contribution in [0, 0.1) is 5.92 Å². The van der Waals surface area contributed by atoms with E-state index in [-0.39, 0.29) is 0 Å². The molecule has 0 spiro atoms. The number of aromatic nitrogens is 2. The molecular formula is C13H22ClN3. The average molecular weight is 256 g/mol. The van der Waals surface area contributed by atoms with Gasteiger partial charge in [0, 0.05) is 12.1 Å². The third kappa shape index (κ3) is 5.00. The molecule has 1 aromatic rings. The molecule has 0 bridgehead atoms. The van der Waals surface area contributed by atoms with Crippen LogP contribution in [0.2, 0.25) is 5.15 Å². The second-order valence-corrected chi connectivity index (χ2v) is 5.06. The molecular weight excluding hydrogens is 234 g/mol. The molecule has 0 unspecified atom stereocenters. The van der Waals surface area contributed by atoms with E-state index in [1.54, 1.807) is 6.33 Å². The smallest absolute Gasteiger partial charge is 0.135 e. The van der Waals surface area contributed by atoms with Crippen molar-refractivity contribution in [2.75, 3.05) is 6.54 Å². The highest BCUT2D eigenvalue weighted by Gasteiger charge is 2.08. The Balaban J connectivity index is 2.54. The Morgan fingerprint density at radius 3 is 2.76 bits per heavy atom. The molecule has 17 heavy (non-hydrogen) atoms. The number of hydrogen-bond donors (Lipinski definition) is 1. The zero-order valence-corrected chi connectivity index (χ0v) is 11.7. The summed E-state index contributed by atoms with van der Waals surface area (Å²) < 4.78 is 0. The largest absolute Gasteiger partial charge is 0.311 e. The summed E-state index contributed by atoms with van der Waals surface area (Å²) in [4.78, 5) is 8.36. The van der Waals surface area contributed by atoms with Crippen molar-refractivity contribution in [2.24, 2.45) is 5.92 Å². The summed E-state index contributed by atoms with van der Waals surface area (Å²) in [6, 6.07) is 0. The van der Waals surface area contributed by atoms with E-state index in [1.807, 2.05) is 0 Å². The van der Waals surface area contributed by atoms with Crippen molar-refractivity contribution in [3.05, 3.63) is 22.7 Å². The summed E-state index contributed by atoms with van der Waals surface area (Å²) in [5, 5.41) is 4.01. The van der Waals surface area contributed by atoms with E-state index in [1.165, 1.54) is 6.42 Å². The van der Waals surface area contributed by atoms with E-state index in [9.17, 15) is 0 Å². The molecule has 0 amide bonds. The Morgan fingerprint density at radius 1 is 1.35 bits per heavy atom. The summed E-state index contributed by atoms with van der Waals surface area (Å²) in [6.07, 6.45) is 4.73. The molecule has 96 valence electrons. The summed E-state index contributed by atoms with van der Waals surface area (Å²) >= 11 is 6.09. The first kappa shape index (κ1) is 14.4. The molecule has 0 aliphatic rings. The first-order valence-corrected chi connectivity index (χ1v) is 6.71. The molecule has 3 nitrogen and oxygen atoms in total. The van der Waals surface area contributed by atoms with Gasteiger partial charge in [-0.15, -0.1) is 0 Å². The van der Waals surface area contributed by atoms with Gasteiger partial charge in [-0.2, -0.15) is 0 Å². The lowest BCUT2D eigenvalue weighted by atomic mass is 10.1. The lowest BCUT2D eigenvalue weighted by molar-refractivity contribution is 0.533. The quantitative estimate of drug-likeness (QED) is 0.601. The summed E-state index contributed by atoms with van der Waals surface area (Å²) in [7, 11) is 0. The van der Waals surface area contributed by atoms with Crippen LogP contribution < -0.4 is 5.32 Å². The highest BCUT2D eigenvalue weighted by Crippen LogP contribution is 2.17. The van der Waals surface area contributed by atoms with Crippen LogP contribution in [-0.2, 0) is 13.0 Å². The van der Waals surface area contributed by atoms with Gasteiger partial charge in [-0.05, 0) is 25.3 Å². The first-order valence-electron chi connectivity index (χ1n) is 6.34. The van der Waals surface area contributed by atoms with Crippen LogP contribution in [0.1, 0.15) is 44.9 Å². The van der Waals surface area contributed by atoms with Crippen LogP contribution in [0.25, 0.3) is 0 Å². The van der Waals surface area contributed by atoms with Crippen molar-refractivity contribution >= 4 is 11.6 Å². The van der Waals surface area contributed by atoms with E-state index in [0.717, 1.165) is 43.1 Å². The standard InChI is InChI=1S/C13H22ClN3/c1-4-5-11-12(16-9-17-13(11)14)8-15-7-6-10(2)3/h9-10,15H,4-8H2,1-3H3. The van der Waals surface area contributed by atoms with Gasteiger partial charge in [-0.3, -0.25) is 0 Å². The molecule has 1 heterocycles. The number of hydrogen-bond acceptors (Lipinski definition) is 3. The van der Waals surface area contributed by atoms with Crippen LogP contribution in [-0.4, -0.2) is 16.5 Å².